The number of oxazole rings is 1. The number of nitrogens with two attached hydrogens (primary N) is 1. The van der Waals surface area contributed by atoms with Crippen molar-refractivity contribution in [3.05, 3.63) is 59.0 Å². The molecule has 0 radical (unpaired) electrons. The van der Waals surface area contributed by atoms with E-state index in [2.05, 4.69) is 4.98 Å². The number of carbonyl (C=O) groups is 1. The lowest BCUT2D eigenvalue weighted by molar-refractivity contribution is 0.0469. The maximum absolute atomic E-state index is 12.9. The van der Waals surface area contributed by atoms with E-state index in [1.807, 2.05) is 17.5 Å². The van der Waals surface area contributed by atoms with Crippen LogP contribution in [0.1, 0.15) is 16.1 Å². The smallest absolute Gasteiger partial charge is 0.340 e. The fourth-order valence-corrected chi connectivity index (χ4v) is 2.48. The second-order valence-corrected chi connectivity index (χ2v) is 5.38. The minimum Gasteiger partial charge on any atom is -0.455 e. The summed E-state index contributed by atoms with van der Waals surface area (Å²) in [7, 11) is 0. The van der Waals surface area contributed by atoms with Gasteiger partial charge in [-0.2, -0.15) is 0 Å². The highest BCUT2D eigenvalue weighted by molar-refractivity contribution is 7.13. The number of hydrogen-bond donors (Lipinski definition) is 1. The fraction of sp³-hybridized carbons (Fsp3) is 0.0667. The van der Waals surface area contributed by atoms with Crippen molar-refractivity contribution in [1.29, 1.82) is 0 Å². The average Bonchev–Trinajstić information content (AvgIpc) is 3.16. The van der Waals surface area contributed by atoms with E-state index in [1.165, 1.54) is 23.7 Å². The first kappa shape index (κ1) is 14.3. The number of rotatable bonds is 4. The summed E-state index contributed by atoms with van der Waals surface area (Å²) in [6, 6.07) is 7.28. The summed E-state index contributed by atoms with van der Waals surface area (Å²) >= 11 is 1.50. The SMILES string of the molecule is Nc1cc(F)ccc1C(=O)OCc1coc(-c2cccs2)n1. The van der Waals surface area contributed by atoms with Gasteiger partial charge < -0.3 is 14.9 Å². The Morgan fingerprint density at radius 1 is 1.41 bits per heavy atom. The molecule has 0 fully saturated rings. The van der Waals surface area contributed by atoms with Crippen LogP contribution >= 0.6 is 11.3 Å². The number of thiophene rings is 1. The van der Waals surface area contributed by atoms with Crippen molar-refractivity contribution in [2.24, 2.45) is 0 Å². The standard InChI is InChI=1S/C15H11FN2O3S/c16-9-3-4-11(12(17)6-9)15(19)21-8-10-7-20-14(18-10)13-2-1-5-22-13/h1-7H,8,17H2. The van der Waals surface area contributed by atoms with Gasteiger partial charge in [0.25, 0.3) is 0 Å². The third-order valence-corrected chi connectivity index (χ3v) is 3.73. The van der Waals surface area contributed by atoms with Gasteiger partial charge in [-0.05, 0) is 29.6 Å². The number of nitrogens with zero attached hydrogens (tertiary/aromatic N) is 1. The Morgan fingerprint density at radius 2 is 2.27 bits per heavy atom. The number of aromatic nitrogens is 1. The number of hydrogen-bond acceptors (Lipinski definition) is 6. The lowest BCUT2D eigenvalue weighted by atomic mass is 10.2. The molecule has 0 amide bonds. The van der Waals surface area contributed by atoms with E-state index in [0.29, 0.717) is 11.6 Å². The number of carbonyl (C=O) groups excluding carboxylic acids is 1. The maximum Gasteiger partial charge on any atom is 0.340 e. The summed E-state index contributed by atoms with van der Waals surface area (Å²) in [6.45, 7) is -0.0511. The van der Waals surface area contributed by atoms with Crippen molar-refractivity contribution in [3.8, 4) is 10.8 Å². The zero-order valence-electron chi connectivity index (χ0n) is 11.3. The highest BCUT2D eigenvalue weighted by Crippen LogP contribution is 2.24. The topological polar surface area (TPSA) is 78.4 Å². The van der Waals surface area contributed by atoms with Crippen molar-refractivity contribution >= 4 is 23.0 Å². The molecule has 2 heterocycles. The molecule has 2 N–H and O–H groups in total. The van der Waals surface area contributed by atoms with Crippen LogP contribution in [0.15, 0.2) is 46.4 Å². The lowest BCUT2D eigenvalue weighted by Crippen LogP contribution is -2.08. The van der Waals surface area contributed by atoms with Gasteiger partial charge in [-0.15, -0.1) is 11.3 Å². The average molecular weight is 318 g/mol. The Bertz CT molecular complexity index is 799. The molecule has 0 aliphatic heterocycles. The number of anilines is 1. The number of ether oxygens (including phenoxy) is 1. The molecule has 7 heteroatoms. The Hall–Kier alpha value is -2.67. The summed E-state index contributed by atoms with van der Waals surface area (Å²) in [5.41, 5.74) is 6.22. The molecule has 0 aliphatic rings. The summed E-state index contributed by atoms with van der Waals surface area (Å²) < 4.78 is 23.4. The molecule has 5 nitrogen and oxygen atoms in total. The third kappa shape index (κ3) is 2.99. The van der Waals surface area contributed by atoms with Crippen LogP contribution in [-0.4, -0.2) is 11.0 Å². The van der Waals surface area contributed by atoms with E-state index in [1.54, 1.807) is 0 Å². The molecule has 3 rings (SSSR count). The fourth-order valence-electron chi connectivity index (χ4n) is 1.82. The molecule has 0 saturated heterocycles. The first-order valence-corrected chi connectivity index (χ1v) is 7.22. The van der Waals surface area contributed by atoms with Crippen molar-refractivity contribution < 1.29 is 18.3 Å². The molecule has 112 valence electrons. The molecule has 0 spiro atoms. The van der Waals surface area contributed by atoms with Gasteiger partial charge in [-0.25, -0.2) is 14.2 Å². The van der Waals surface area contributed by atoms with Gasteiger partial charge in [0.05, 0.1) is 10.4 Å². The van der Waals surface area contributed by atoms with Crippen LogP contribution < -0.4 is 5.73 Å². The lowest BCUT2D eigenvalue weighted by Gasteiger charge is -2.05. The molecular weight excluding hydrogens is 307 g/mol. The van der Waals surface area contributed by atoms with Gasteiger partial charge in [-0.3, -0.25) is 0 Å². The third-order valence-electron chi connectivity index (χ3n) is 2.87. The molecule has 3 aromatic rings. The predicted octanol–water partition coefficient (Wildman–Crippen LogP) is 3.48. The summed E-state index contributed by atoms with van der Waals surface area (Å²) in [4.78, 5) is 17.0. The van der Waals surface area contributed by atoms with Gasteiger partial charge in [0, 0.05) is 5.69 Å². The molecule has 1 aromatic carbocycles. The Balaban J connectivity index is 1.66. The first-order chi connectivity index (χ1) is 10.6. The second kappa shape index (κ2) is 5.98. The quantitative estimate of drug-likeness (QED) is 0.588. The highest BCUT2D eigenvalue weighted by Gasteiger charge is 2.14. The monoisotopic (exact) mass is 318 g/mol. The van der Waals surface area contributed by atoms with Gasteiger partial charge in [0.2, 0.25) is 5.89 Å². The molecule has 0 unspecified atom stereocenters. The van der Waals surface area contributed by atoms with E-state index in [4.69, 9.17) is 14.9 Å². The van der Waals surface area contributed by atoms with Crippen LogP contribution in [0.2, 0.25) is 0 Å². The van der Waals surface area contributed by atoms with E-state index in [0.717, 1.165) is 17.0 Å². The van der Waals surface area contributed by atoms with Gasteiger partial charge in [0.15, 0.2) is 0 Å². The van der Waals surface area contributed by atoms with Crippen LogP contribution in [-0.2, 0) is 11.3 Å². The molecule has 0 bridgehead atoms. The van der Waals surface area contributed by atoms with Gasteiger partial charge >= 0.3 is 5.97 Å². The van der Waals surface area contributed by atoms with E-state index in [9.17, 15) is 9.18 Å². The molecule has 0 aliphatic carbocycles. The van der Waals surface area contributed by atoms with Crippen molar-refractivity contribution in [2.75, 3.05) is 5.73 Å². The molecule has 0 atom stereocenters. The largest absolute Gasteiger partial charge is 0.455 e. The molecular formula is C15H11FN2O3S. The first-order valence-electron chi connectivity index (χ1n) is 6.34. The number of nitrogen functional groups attached to an aromatic ring is 1. The summed E-state index contributed by atoms with van der Waals surface area (Å²) in [5.74, 6) is -0.674. The summed E-state index contributed by atoms with van der Waals surface area (Å²) in [6.07, 6.45) is 1.43. The highest BCUT2D eigenvalue weighted by atomic mass is 32.1. The Labute approximate surface area is 129 Å². The Kier molecular flexibility index (Phi) is 3.88. The zero-order valence-corrected chi connectivity index (χ0v) is 12.1. The van der Waals surface area contributed by atoms with Crippen LogP contribution in [0.25, 0.3) is 10.8 Å². The number of esters is 1. The van der Waals surface area contributed by atoms with Crippen molar-refractivity contribution in [1.82, 2.24) is 4.98 Å². The predicted molar refractivity (Wildman–Crippen MR) is 79.7 cm³/mol. The number of benzene rings is 1. The van der Waals surface area contributed by atoms with Gasteiger partial charge in [-0.1, -0.05) is 6.07 Å². The van der Waals surface area contributed by atoms with Crippen LogP contribution in [0.4, 0.5) is 10.1 Å². The zero-order chi connectivity index (χ0) is 15.5. The normalized spacial score (nSPS) is 10.6. The maximum atomic E-state index is 12.9. The van der Waals surface area contributed by atoms with E-state index >= 15 is 0 Å². The minimum absolute atomic E-state index is 0.0319. The van der Waals surface area contributed by atoms with Gasteiger partial charge in [0.1, 0.15) is 24.4 Å². The second-order valence-electron chi connectivity index (χ2n) is 4.43. The van der Waals surface area contributed by atoms with Crippen LogP contribution in [0.5, 0.6) is 0 Å². The Morgan fingerprint density at radius 3 is 3.00 bits per heavy atom. The van der Waals surface area contributed by atoms with E-state index in [-0.39, 0.29) is 17.9 Å². The summed E-state index contributed by atoms with van der Waals surface area (Å²) in [5, 5.41) is 1.91. The van der Waals surface area contributed by atoms with Crippen LogP contribution in [0, 0.1) is 5.82 Å². The van der Waals surface area contributed by atoms with E-state index < -0.39 is 11.8 Å². The molecule has 22 heavy (non-hydrogen) atoms. The van der Waals surface area contributed by atoms with Crippen LogP contribution in [0.3, 0.4) is 0 Å². The molecule has 0 saturated carbocycles. The molecule has 2 aromatic heterocycles. The minimum atomic E-state index is -0.641. The van der Waals surface area contributed by atoms with Crippen molar-refractivity contribution in [2.45, 2.75) is 6.61 Å². The number of halogens is 1. The van der Waals surface area contributed by atoms with Crippen molar-refractivity contribution in [3.63, 3.8) is 0 Å².